The third-order valence-corrected chi connectivity index (χ3v) is 3.37. The van der Waals surface area contributed by atoms with Crippen molar-refractivity contribution in [2.45, 2.75) is 58.6 Å². The normalized spacial score (nSPS) is 15.0. The SMILES string of the molecule is CCOC(C)c1noc(C(C)(C)C(C)(C)N)n1. The van der Waals surface area contributed by atoms with Crippen molar-refractivity contribution in [1.82, 2.24) is 10.1 Å². The molecule has 1 heterocycles. The molecule has 0 amide bonds. The molecule has 1 unspecified atom stereocenters. The van der Waals surface area contributed by atoms with Crippen LogP contribution in [-0.4, -0.2) is 22.3 Å². The Morgan fingerprint density at radius 3 is 2.41 bits per heavy atom. The molecule has 1 aromatic heterocycles. The summed E-state index contributed by atoms with van der Waals surface area (Å²) in [6.07, 6.45) is -0.158. The third-order valence-electron chi connectivity index (χ3n) is 3.37. The number of hydrogen-bond acceptors (Lipinski definition) is 5. The van der Waals surface area contributed by atoms with Gasteiger partial charge in [0, 0.05) is 12.1 Å². The molecule has 1 atom stereocenters. The van der Waals surface area contributed by atoms with Crippen molar-refractivity contribution in [3.8, 4) is 0 Å². The van der Waals surface area contributed by atoms with Gasteiger partial charge in [0.25, 0.3) is 0 Å². The van der Waals surface area contributed by atoms with Gasteiger partial charge in [0.15, 0.2) is 5.82 Å². The van der Waals surface area contributed by atoms with Gasteiger partial charge in [0.1, 0.15) is 6.10 Å². The summed E-state index contributed by atoms with van der Waals surface area (Å²) >= 11 is 0. The predicted molar refractivity (Wildman–Crippen MR) is 65.6 cm³/mol. The van der Waals surface area contributed by atoms with Gasteiger partial charge in [-0.1, -0.05) is 5.16 Å². The predicted octanol–water partition coefficient (Wildman–Crippen LogP) is 2.18. The fourth-order valence-electron chi connectivity index (χ4n) is 1.25. The molecular weight excluding hydrogens is 218 g/mol. The van der Waals surface area contributed by atoms with E-state index in [1.54, 1.807) is 0 Å². The van der Waals surface area contributed by atoms with Crippen LogP contribution in [0.2, 0.25) is 0 Å². The molecule has 0 spiro atoms. The van der Waals surface area contributed by atoms with Crippen LogP contribution in [0, 0.1) is 0 Å². The Morgan fingerprint density at radius 1 is 1.35 bits per heavy atom. The zero-order valence-corrected chi connectivity index (χ0v) is 11.6. The fourth-order valence-corrected chi connectivity index (χ4v) is 1.25. The molecular formula is C12H23N3O2. The van der Waals surface area contributed by atoms with Crippen molar-refractivity contribution in [3.05, 3.63) is 11.7 Å². The Kier molecular flexibility index (Phi) is 3.94. The van der Waals surface area contributed by atoms with E-state index in [0.29, 0.717) is 18.3 Å². The van der Waals surface area contributed by atoms with Gasteiger partial charge in [-0.3, -0.25) is 0 Å². The second-order valence-corrected chi connectivity index (χ2v) is 5.40. The van der Waals surface area contributed by atoms with Gasteiger partial charge in [0.05, 0.1) is 5.41 Å². The minimum absolute atomic E-state index is 0.158. The number of aromatic nitrogens is 2. The Balaban J connectivity index is 2.95. The van der Waals surface area contributed by atoms with Gasteiger partial charge >= 0.3 is 0 Å². The summed E-state index contributed by atoms with van der Waals surface area (Å²) < 4.78 is 10.7. The van der Waals surface area contributed by atoms with Crippen LogP contribution >= 0.6 is 0 Å². The summed E-state index contributed by atoms with van der Waals surface area (Å²) in [5.41, 5.74) is 5.31. The molecule has 17 heavy (non-hydrogen) atoms. The van der Waals surface area contributed by atoms with E-state index in [9.17, 15) is 0 Å². The first kappa shape index (κ1) is 14.1. The molecule has 0 radical (unpaired) electrons. The highest BCUT2D eigenvalue weighted by Crippen LogP contribution is 2.32. The molecule has 0 saturated heterocycles. The van der Waals surface area contributed by atoms with E-state index in [0.717, 1.165) is 0 Å². The molecule has 1 aromatic rings. The molecule has 0 saturated carbocycles. The minimum Gasteiger partial charge on any atom is -0.371 e. The van der Waals surface area contributed by atoms with Crippen molar-refractivity contribution in [2.75, 3.05) is 6.61 Å². The highest BCUT2D eigenvalue weighted by atomic mass is 16.5. The lowest BCUT2D eigenvalue weighted by Crippen LogP contribution is -2.50. The zero-order chi connectivity index (χ0) is 13.3. The summed E-state index contributed by atoms with van der Waals surface area (Å²) in [4.78, 5) is 4.38. The molecule has 0 fully saturated rings. The molecule has 2 N–H and O–H groups in total. The van der Waals surface area contributed by atoms with E-state index < -0.39 is 5.54 Å². The second kappa shape index (κ2) is 4.74. The van der Waals surface area contributed by atoms with E-state index in [1.165, 1.54) is 0 Å². The highest BCUT2D eigenvalue weighted by Gasteiger charge is 2.40. The Labute approximate surface area is 103 Å². The van der Waals surface area contributed by atoms with Crippen LogP contribution in [-0.2, 0) is 10.2 Å². The van der Waals surface area contributed by atoms with Gasteiger partial charge in [-0.2, -0.15) is 4.98 Å². The summed E-state index contributed by atoms with van der Waals surface area (Å²) in [6.45, 7) is 12.3. The first-order valence-corrected chi connectivity index (χ1v) is 5.94. The first-order valence-electron chi connectivity index (χ1n) is 5.94. The summed E-state index contributed by atoms with van der Waals surface area (Å²) in [5.74, 6) is 1.12. The minimum atomic E-state index is -0.439. The Hall–Kier alpha value is -0.940. The van der Waals surface area contributed by atoms with Gasteiger partial charge in [-0.15, -0.1) is 0 Å². The maximum Gasteiger partial charge on any atom is 0.234 e. The quantitative estimate of drug-likeness (QED) is 0.855. The summed E-state index contributed by atoms with van der Waals surface area (Å²) in [5, 5.41) is 3.95. The van der Waals surface area contributed by atoms with E-state index in [2.05, 4.69) is 10.1 Å². The molecule has 5 nitrogen and oxygen atoms in total. The third kappa shape index (κ3) is 2.84. The van der Waals surface area contributed by atoms with Crippen molar-refractivity contribution < 1.29 is 9.26 Å². The van der Waals surface area contributed by atoms with E-state index in [1.807, 2.05) is 41.5 Å². The van der Waals surface area contributed by atoms with Crippen LogP contribution in [0.5, 0.6) is 0 Å². The topological polar surface area (TPSA) is 74.2 Å². The number of hydrogen-bond donors (Lipinski definition) is 1. The lowest BCUT2D eigenvalue weighted by molar-refractivity contribution is 0.0683. The number of rotatable bonds is 5. The maximum atomic E-state index is 6.13. The Morgan fingerprint density at radius 2 is 1.94 bits per heavy atom. The number of nitrogens with zero attached hydrogens (tertiary/aromatic N) is 2. The molecule has 0 aliphatic carbocycles. The molecule has 0 bridgehead atoms. The number of ether oxygens (including phenoxy) is 1. The van der Waals surface area contributed by atoms with Crippen molar-refractivity contribution >= 4 is 0 Å². The van der Waals surface area contributed by atoms with E-state index in [-0.39, 0.29) is 11.5 Å². The van der Waals surface area contributed by atoms with Gasteiger partial charge in [0.2, 0.25) is 5.89 Å². The monoisotopic (exact) mass is 241 g/mol. The molecule has 1 rings (SSSR count). The molecule has 0 aliphatic heterocycles. The van der Waals surface area contributed by atoms with Crippen molar-refractivity contribution in [2.24, 2.45) is 5.73 Å². The highest BCUT2D eigenvalue weighted by molar-refractivity contribution is 5.11. The number of nitrogens with two attached hydrogens (primary N) is 1. The molecule has 0 aromatic carbocycles. The summed E-state index contributed by atoms with van der Waals surface area (Å²) in [6, 6.07) is 0. The smallest absolute Gasteiger partial charge is 0.234 e. The average Bonchev–Trinajstić information content (AvgIpc) is 2.65. The van der Waals surface area contributed by atoms with Crippen LogP contribution in [0.25, 0.3) is 0 Å². The van der Waals surface area contributed by atoms with Crippen molar-refractivity contribution in [3.63, 3.8) is 0 Å². The zero-order valence-electron chi connectivity index (χ0n) is 11.6. The van der Waals surface area contributed by atoms with Crippen molar-refractivity contribution in [1.29, 1.82) is 0 Å². The largest absolute Gasteiger partial charge is 0.371 e. The van der Waals surface area contributed by atoms with Crippen LogP contribution in [0.3, 0.4) is 0 Å². The maximum absolute atomic E-state index is 6.13. The van der Waals surface area contributed by atoms with Crippen LogP contribution in [0.15, 0.2) is 4.52 Å². The van der Waals surface area contributed by atoms with Gasteiger partial charge in [-0.25, -0.2) is 0 Å². The van der Waals surface area contributed by atoms with Crippen LogP contribution in [0.4, 0.5) is 0 Å². The van der Waals surface area contributed by atoms with Gasteiger partial charge in [-0.05, 0) is 41.5 Å². The summed E-state index contributed by atoms with van der Waals surface area (Å²) in [7, 11) is 0. The molecule has 98 valence electrons. The standard InChI is InChI=1S/C12H23N3O2/c1-7-16-8(2)9-14-10(17-15-9)11(3,4)12(5,6)13/h8H,7,13H2,1-6H3. The lowest BCUT2D eigenvalue weighted by atomic mass is 9.75. The molecule has 5 heteroatoms. The molecule has 0 aliphatic rings. The van der Waals surface area contributed by atoms with Gasteiger partial charge < -0.3 is 15.0 Å². The lowest BCUT2D eigenvalue weighted by Gasteiger charge is -2.34. The first-order chi connectivity index (χ1) is 7.70. The van der Waals surface area contributed by atoms with E-state index in [4.69, 9.17) is 15.0 Å². The Bertz CT molecular complexity index is 366. The second-order valence-electron chi connectivity index (χ2n) is 5.40. The fraction of sp³-hybridized carbons (Fsp3) is 0.833. The van der Waals surface area contributed by atoms with E-state index >= 15 is 0 Å². The van der Waals surface area contributed by atoms with Crippen LogP contribution < -0.4 is 5.73 Å². The average molecular weight is 241 g/mol. The van der Waals surface area contributed by atoms with Crippen LogP contribution in [0.1, 0.15) is 59.4 Å².